The molecule has 0 aliphatic carbocycles. The van der Waals surface area contributed by atoms with Gasteiger partial charge in [-0.15, -0.1) is 0 Å². The monoisotopic (exact) mass is 336 g/mol. The molecule has 2 aromatic heterocycles. The highest BCUT2D eigenvalue weighted by Crippen LogP contribution is 2.19. The van der Waals surface area contributed by atoms with Crippen LogP contribution in [-0.2, 0) is 29.7 Å². The van der Waals surface area contributed by atoms with Crippen molar-refractivity contribution in [2.75, 3.05) is 17.7 Å². The van der Waals surface area contributed by atoms with E-state index in [2.05, 4.69) is 29.1 Å². The predicted molar refractivity (Wildman–Crippen MR) is 86.3 cm³/mol. The van der Waals surface area contributed by atoms with Crippen LogP contribution in [0.3, 0.4) is 0 Å². The maximum Gasteiger partial charge on any atom is 0.225 e. The number of aromatic nitrogens is 4. The fourth-order valence-corrected chi connectivity index (χ4v) is 2.98. The van der Waals surface area contributed by atoms with Crippen molar-refractivity contribution in [3.05, 3.63) is 35.7 Å². The van der Waals surface area contributed by atoms with Gasteiger partial charge in [0.15, 0.2) is 0 Å². The van der Waals surface area contributed by atoms with E-state index in [0.29, 0.717) is 12.5 Å². The minimum Gasteiger partial charge on any atom is -0.335 e. The summed E-state index contributed by atoms with van der Waals surface area (Å²) in [6.45, 7) is 4.47. The molecule has 0 saturated carbocycles. The molecule has 0 unspecified atom stereocenters. The highest BCUT2D eigenvalue weighted by molar-refractivity contribution is 7.88. The van der Waals surface area contributed by atoms with Gasteiger partial charge in [0.2, 0.25) is 16.0 Å². The molecule has 23 heavy (non-hydrogen) atoms. The van der Waals surface area contributed by atoms with E-state index in [1.54, 1.807) is 18.7 Å². The van der Waals surface area contributed by atoms with Crippen molar-refractivity contribution in [1.82, 2.24) is 24.2 Å². The molecular formula is C14H20N6O2S. The fourth-order valence-electron chi connectivity index (χ4n) is 2.58. The molecule has 0 aromatic carbocycles. The van der Waals surface area contributed by atoms with Gasteiger partial charge < -0.3 is 9.47 Å². The van der Waals surface area contributed by atoms with E-state index >= 15 is 0 Å². The van der Waals surface area contributed by atoms with Crippen molar-refractivity contribution in [1.29, 1.82) is 0 Å². The normalized spacial score (nSPS) is 15.3. The highest BCUT2D eigenvalue weighted by atomic mass is 32.2. The van der Waals surface area contributed by atoms with Gasteiger partial charge in [-0.2, -0.15) is 0 Å². The molecule has 0 amide bonds. The van der Waals surface area contributed by atoms with Crippen LogP contribution in [0.25, 0.3) is 0 Å². The summed E-state index contributed by atoms with van der Waals surface area (Å²) in [5.41, 5.74) is 2.77. The molecule has 0 saturated heterocycles. The molecule has 124 valence electrons. The minimum atomic E-state index is -3.24. The summed E-state index contributed by atoms with van der Waals surface area (Å²) in [4.78, 5) is 15.2. The Hall–Kier alpha value is -2.00. The van der Waals surface area contributed by atoms with Gasteiger partial charge >= 0.3 is 0 Å². The number of nitrogens with one attached hydrogen (secondary N) is 1. The number of aryl methyl sites for hydroxylation is 2. The van der Waals surface area contributed by atoms with Crippen LogP contribution in [-0.4, -0.2) is 40.7 Å². The standard InChI is InChI=1S/C14H20N6O2S/c1-11-6-15-14(16-7-11)19-4-3-5-20-10-17-12(13(20)9-19)8-18-23(2,21)22/h6-7,10,18H,3-5,8-9H2,1-2H3. The molecule has 1 aliphatic rings. The Morgan fingerprint density at radius 3 is 2.65 bits per heavy atom. The molecular weight excluding hydrogens is 316 g/mol. The van der Waals surface area contributed by atoms with Gasteiger partial charge in [0.1, 0.15) is 0 Å². The maximum absolute atomic E-state index is 11.3. The van der Waals surface area contributed by atoms with Gasteiger partial charge in [-0.05, 0) is 18.9 Å². The number of hydrogen-bond donors (Lipinski definition) is 1. The summed E-state index contributed by atoms with van der Waals surface area (Å²) >= 11 is 0. The van der Waals surface area contributed by atoms with E-state index in [0.717, 1.165) is 42.7 Å². The number of sulfonamides is 1. The van der Waals surface area contributed by atoms with Crippen LogP contribution in [0.5, 0.6) is 0 Å². The Morgan fingerprint density at radius 1 is 1.22 bits per heavy atom. The molecule has 2 aromatic rings. The summed E-state index contributed by atoms with van der Waals surface area (Å²) < 4.78 is 27.2. The lowest BCUT2D eigenvalue weighted by Gasteiger charge is -2.20. The molecule has 9 heteroatoms. The number of hydrogen-bond acceptors (Lipinski definition) is 6. The van der Waals surface area contributed by atoms with Crippen LogP contribution in [0.2, 0.25) is 0 Å². The van der Waals surface area contributed by atoms with Gasteiger partial charge in [-0.25, -0.2) is 28.1 Å². The largest absolute Gasteiger partial charge is 0.335 e. The molecule has 0 spiro atoms. The first-order valence-electron chi connectivity index (χ1n) is 7.43. The fraction of sp³-hybridized carbons (Fsp3) is 0.500. The van der Waals surface area contributed by atoms with Gasteiger partial charge in [0.25, 0.3) is 0 Å². The first kappa shape index (κ1) is 15.9. The second-order valence-electron chi connectivity index (χ2n) is 5.76. The van der Waals surface area contributed by atoms with Crippen molar-refractivity contribution in [3.63, 3.8) is 0 Å². The molecule has 1 aliphatic heterocycles. The second kappa shape index (κ2) is 6.25. The van der Waals surface area contributed by atoms with Gasteiger partial charge in [0, 0.05) is 25.5 Å². The van der Waals surface area contributed by atoms with Crippen LogP contribution in [0.1, 0.15) is 23.4 Å². The van der Waals surface area contributed by atoms with Crippen molar-refractivity contribution in [2.24, 2.45) is 0 Å². The zero-order valence-electron chi connectivity index (χ0n) is 13.2. The predicted octanol–water partition coefficient (Wildman–Crippen LogP) is 0.441. The summed E-state index contributed by atoms with van der Waals surface area (Å²) in [5.74, 6) is 0.687. The molecule has 0 atom stereocenters. The van der Waals surface area contributed by atoms with Crippen molar-refractivity contribution < 1.29 is 8.42 Å². The Kier molecular flexibility index (Phi) is 4.31. The average molecular weight is 336 g/mol. The molecule has 0 radical (unpaired) electrons. The Labute approximate surface area is 135 Å². The first-order chi connectivity index (χ1) is 10.9. The summed E-state index contributed by atoms with van der Waals surface area (Å²) in [6, 6.07) is 0. The number of rotatable bonds is 4. The molecule has 0 bridgehead atoms. The van der Waals surface area contributed by atoms with E-state index in [9.17, 15) is 8.42 Å². The van der Waals surface area contributed by atoms with E-state index in [1.165, 1.54) is 0 Å². The lowest BCUT2D eigenvalue weighted by molar-refractivity contribution is 0.586. The zero-order chi connectivity index (χ0) is 16.4. The summed E-state index contributed by atoms with van der Waals surface area (Å²) in [6.07, 6.45) is 7.48. The molecule has 1 N–H and O–H groups in total. The Morgan fingerprint density at radius 2 is 1.96 bits per heavy atom. The summed E-state index contributed by atoms with van der Waals surface area (Å²) in [7, 11) is -3.24. The Bertz CT molecular complexity index is 784. The Balaban J connectivity index is 1.83. The third-order valence-corrected chi connectivity index (χ3v) is 4.42. The highest BCUT2D eigenvalue weighted by Gasteiger charge is 2.20. The average Bonchev–Trinajstić information content (AvgIpc) is 2.74. The van der Waals surface area contributed by atoms with E-state index < -0.39 is 10.0 Å². The van der Waals surface area contributed by atoms with Crippen LogP contribution in [0, 0.1) is 6.92 Å². The maximum atomic E-state index is 11.3. The second-order valence-corrected chi connectivity index (χ2v) is 7.59. The van der Waals surface area contributed by atoms with E-state index in [1.807, 2.05) is 6.92 Å². The van der Waals surface area contributed by atoms with Crippen LogP contribution in [0.4, 0.5) is 5.95 Å². The van der Waals surface area contributed by atoms with Crippen molar-refractivity contribution >= 4 is 16.0 Å². The topological polar surface area (TPSA) is 93.0 Å². The lowest BCUT2D eigenvalue weighted by Crippen LogP contribution is -2.26. The molecule has 3 heterocycles. The SMILES string of the molecule is Cc1cnc(N2CCCn3cnc(CNS(C)(=O)=O)c3C2)nc1. The number of nitrogens with zero attached hydrogens (tertiary/aromatic N) is 5. The van der Waals surface area contributed by atoms with E-state index in [4.69, 9.17) is 0 Å². The van der Waals surface area contributed by atoms with Crippen LogP contribution < -0.4 is 9.62 Å². The number of anilines is 1. The molecule has 0 fully saturated rings. The third-order valence-electron chi connectivity index (χ3n) is 3.75. The first-order valence-corrected chi connectivity index (χ1v) is 9.32. The van der Waals surface area contributed by atoms with Crippen molar-refractivity contribution in [3.8, 4) is 0 Å². The van der Waals surface area contributed by atoms with E-state index in [-0.39, 0.29) is 6.54 Å². The zero-order valence-corrected chi connectivity index (χ0v) is 14.0. The van der Waals surface area contributed by atoms with Crippen molar-refractivity contribution in [2.45, 2.75) is 33.0 Å². The van der Waals surface area contributed by atoms with Crippen LogP contribution in [0.15, 0.2) is 18.7 Å². The lowest BCUT2D eigenvalue weighted by atomic mass is 10.3. The minimum absolute atomic E-state index is 0.198. The molecule has 3 rings (SSSR count). The van der Waals surface area contributed by atoms with Gasteiger partial charge in [0.05, 0.1) is 37.1 Å². The smallest absolute Gasteiger partial charge is 0.225 e. The number of fused-ring (bicyclic) bond motifs is 1. The van der Waals surface area contributed by atoms with Crippen LogP contribution >= 0.6 is 0 Å². The van der Waals surface area contributed by atoms with Gasteiger partial charge in [-0.1, -0.05) is 0 Å². The molecule has 8 nitrogen and oxygen atoms in total. The number of imidazole rings is 1. The van der Waals surface area contributed by atoms with Gasteiger partial charge in [-0.3, -0.25) is 0 Å². The quantitative estimate of drug-likeness (QED) is 0.871. The summed E-state index contributed by atoms with van der Waals surface area (Å²) in [5, 5.41) is 0. The third kappa shape index (κ3) is 3.85.